The van der Waals surface area contributed by atoms with Gasteiger partial charge in [-0.1, -0.05) is 6.07 Å². The number of carbonyl (C=O) groups is 1. The SMILES string of the molecule is CC(=O)O.c1cc2cc(c1)O2. The van der Waals surface area contributed by atoms with Crippen LogP contribution in [0.5, 0.6) is 11.5 Å². The van der Waals surface area contributed by atoms with Gasteiger partial charge >= 0.3 is 0 Å². The van der Waals surface area contributed by atoms with Gasteiger partial charge in [-0.25, -0.2) is 0 Å². The molecule has 2 aliphatic rings. The predicted molar refractivity (Wildman–Crippen MR) is 39.8 cm³/mol. The van der Waals surface area contributed by atoms with Gasteiger partial charge in [-0.3, -0.25) is 4.79 Å². The van der Waals surface area contributed by atoms with Crippen molar-refractivity contribution in [3.05, 3.63) is 24.3 Å². The minimum absolute atomic E-state index is 0.833. The number of hydrogen-bond donors (Lipinski definition) is 1. The summed E-state index contributed by atoms with van der Waals surface area (Å²) in [5.41, 5.74) is 0. The van der Waals surface area contributed by atoms with Gasteiger partial charge in [-0.2, -0.15) is 0 Å². The molecule has 1 N–H and O–H groups in total. The van der Waals surface area contributed by atoms with E-state index < -0.39 is 5.97 Å². The largest absolute Gasteiger partial charge is 0.481 e. The second-order valence-corrected chi connectivity index (χ2v) is 2.10. The summed E-state index contributed by atoms with van der Waals surface area (Å²) in [5, 5.41) is 7.42. The Morgan fingerprint density at radius 1 is 1.45 bits per heavy atom. The molecule has 3 nitrogen and oxygen atoms in total. The van der Waals surface area contributed by atoms with Crippen molar-refractivity contribution in [1.29, 1.82) is 0 Å². The van der Waals surface area contributed by atoms with Crippen molar-refractivity contribution in [2.75, 3.05) is 0 Å². The predicted octanol–water partition coefficient (Wildman–Crippen LogP) is 1.88. The molecule has 0 unspecified atom stereocenters. The van der Waals surface area contributed by atoms with Crippen molar-refractivity contribution in [2.24, 2.45) is 0 Å². The first kappa shape index (κ1) is 7.60. The molecule has 3 rings (SSSR count). The molecule has 0 aromatic heterocycles. The third-order valence-electron chi connectivity index (χ3n) is 1.04. The maximum Gasteiger partial charge on any atom is 0.300 e. The van der Waals surface area contributed by atoms with E-state index in [9.17, 15) is 0 Å². The molecule has 2 aliphatic heterocycles. The van der Waals surface area contributed by atoms with E-state index in [2.05, 4.69) is 0 Å². The quantitative estimate of drug-likeness (QED) is 0.626. The summed E-state index contributed by atoms with van der Waals surface area (Å²) in [5.74, 6) is 1.13. The topological polar surface area (TPSA) is 46.5 Å². The number of rotatable bonds is 0. The van der Waals surface area contributed by atoms with Crippen molar-refractivity contribution in [3.8, 4) is 11.5 Å². The molecule has 1 aromatic carbocycles. The van der Waals surface area contributed by atoms with E-state index >= 15 is 0 Å². The number of aliphatic carboxylic acids is 1. The van der Waals surface area contributed by atoms with Crippen LogP contribution in [0.2, 0.25) is 0 Å². The summed E-state index contributed by atoms with van der Waals surface area (Å²) in [7, 11) is 0. The molecule has 1 aromatic rings. The van der Waals surface area contributed by atoms with Gasteiger partial charge in [0.1, 0.15) is 11.5 Å². The third kappa shape index (κ3) is 2.29. The summed E-state index contributed by atoms with van der Waals surface area (Å²) in [6.07, 6.45) is 0. The van der Waals surface area contributed by atoms with Crippen LogP contribution in [-0.4, -0.2) is 11.1 Å². The minimum atomic E-state index is -0.833. The lowest BCUT2D eigenvalue weighted by Crippen LogP contribution is -1.91. The summed E-state index contributed by atoms with van der Waals surface area (Å²) >= 11 is 0. The molecule has 0 fully saturated rings. The van der Waals surface area contributed by atoms with Crippen LogP contribution in [0.3, 0.4) is 0 Å². The fraction of sp³-hybridized carbons (Fsp3) is 0.125. The molecule has 0 saturated heterocycles. The maximum atomic E-state index is 9.00. The van der Waals surface area contributed by atoms with Gasteiger partial charge in [0.15, 0.2) is 0 Å². The molecule has 0 aliphatic carbocycles. The number of carboxylic acid groups (broad SMARTS) is 1. The molecule has 2 heterocycles. The number of carboxylic acids is 1. The zero-order valence-corrected chi connectivity index (χ0v) is 6.07. The summed E-state index contributed by atoms with van der Waals surface area (Å²) in [6.45, 7) is 1.08. The van der Waals surface area contributed by atoms with Crippen molar-refractivity contribution in [1.82, 2.24) is 0 Å². The Morgan fingerprint density at radius 3 is 1.91 bits per heavy atom. The van der Waals surface area contributed by atoms with E-state index in [1.807, 2.05) is 24.3 Å². The number of fused-ring (bicyclic) bond motifs is 2. The minimum Gasteiger partial charge on any atom is -0.481 e. The van der Waals surface area contributed by atoms with Gasteiger partial charge in [0.05, 0.1) is 0 Å². The van der Waals surface area contributed by atoms with Gasteiger partial charge < -0.3 is 9.84 Å². The molecular weight excluding hydrogens is 144 g/mol. The molecule has 0 atom stereocenters. The van der Waals surface area contributed by atoms with Gasteiger partial charge in [0, 0.05) is 13.0 Å². The van der Waals surface area contributed by atoms with Crippen LogP contribution in [0.25, 0.3) is 0 Å². The highest BCUT2D eigenvalue weighted by Gasteiger charge is 2.05. The summed E-state index contributed by atoms with van der Waals surface area (Å²) in [6, 6.07) is 7.86. The van der Waals surface area contributed by atoms with Gasteiger partial charge in [0.2, 0.25) is 0 Å². The first-order valence-electron chi connectivity index (χ1n) is 3.16. The Labute approximate surface area is 64.2 Å². The van der Waals surface area contributed by atoms with Crippen LogP contribution >= 0.6 is 0 Å². The molecular formula is C8H8O3. The highest BCUT2D eigenvalue weighted by Crippen LogP contribution is 2.32. The Morgan fingerprint density at radius 2 is 1.82 bits per heavy atom. The van der Waals surface area contributed by atoms with E-state index in [4.69, 9.17) is 14.6 Å². The zero-order valence-electron chi connectivity index (χ0n) is 6.07. The molecule has 58 valence electrons. The second kappa shape index (κ2) is 3.05. The zero-order chi connectivity index (χ0) is 8.27. The number of ether oxygens (including phenoxy) is 1. The Balaban J connectivity index is 0.000000134. The second-order valence-electron chi connectivity index (χ2n) is 2.10. The van der Waals surface area contributed by atoms with Crippen molar-refractivity contribution in [2.45, 2.75) is 6.92 Å². The number of benzene rings is 1. The van der Waals surface area contributed by atoms with Crippen molar-refractivity contribution in [3.63, 3.8) is 0 Å². The lowest BCUT2D eigenvalue weighted by Gasteiger charge is -2.13. The molecule has 2 bridgehead atoms. The molecule has 0 amide bonds. The van der Waals surface area contributed by atoms with Crippen LogP contribution in [0, 0.1) is 0 Å². The highest BCUT2D eigenvalue weighted by atomic mass is 16.5. The summed E-state index contributed by atoms with van der Waals surface area (Å²) in [4.78, 5) is 9.00. The maximum absolute atomic E-state index is 9.00. The molecule has 11 heavy (non-hydrogen) atoms. The van der Waals surface area contributed by atoms with E-state index in [-0.39, 0.29) is 0 Å². The van der Waals surface area contributed by atoms with Crippen molar-refractivity contribution >= 4 is 5.97 Å². The Hall–Kier alpha value is -1.51. The highest BCUT2D eigenvalue weighted by molar-refractivity contribution is 5.62. The van der Waals surface area contributed by atoms with Gasteiger partial charge in [-0.15, -0.1) is 0 Å². The van der Waals surface area contributed by atoms with E-state index in [1.165, 1.54) is 0 Å². The van der Waals surface area contributed by atoms with E-state index in [1.54, 1.807) is 0 Å². The first-order chi connectivity index (χ1) is 5.18. The number of hydrogen-bond acceptors (Lipinski definition) is 2. The Bertz CT molecular complexity index is 239. The van der Waals surface area contributed by atoms with Crippen LogP contribution in [-0.2, 0) is 4.79 Å². The average Bonchev–Trinajstić information content (AvgIpc) is 1.86. The lowest BCUT2D eigenvalue weighted by molar-refractivity contribution is -0.134. The Kier molecular flexibility index (Phi) is 2.11. The standard InChI is InChI=1S/C6H4O.C2H4O2/c1-2-5-4-6(3-1)7-5;1-2(3)4/h1-4H;1H3,(H,3,4). The van der Waals surface area contributed by atoms with E-state index in [0.717, 1.165) is 18.4 Å². The molecule has 3 heteroatoms. The van der Waals surface area contributed by atoms with Crippen LogP contribution < -0.4 is 4.74 Å². The first-order valence-corrected chi connectivity index (χ1v) is 3.16. The van der Waals surface area contributed by atoms with Gasteiger partial charge in [-0.05, 0) is 12.1 Å². The van der Waals surface area contributed by atoms with E-state index in [0.29, 0.717) is 0 Å². The smallest absolute Gasteiger partial charge is 0.300 e. The van der Waals surface area contributed by atoms with Gasteiger partial charge in [0.25, 0.3) is 5.97 Å². The van der Waals surface area contributed by atoms with Crippen molar-refractivity contribution < 1.29 is 14.6 Å². The molecule has 0 spiro atoms. The normalized spacial score (nSPS) is 9.91. The fourth-order valence-electron chi connectivity index (χ4n) is 0.679. The van der Waals surface area contributed by atoms with Crippen LogP contribution in [0.1, 0.15) is 6.92 Å². The average molecular weight is 152 g/mol. The molecule has 0 radical (unpaired) electrons. The summed E-state index contributed by atoms with van der Waals surface area (Å²) < 4.78 is 5.01. The fourth-order valence-corrected chi connectivity index (χ4v) is 0.679. The van der Waals surface area contributed by atoms with Crippen LogP contribution in [0.15, 0.2) is 24.3 Å². The molecule has 0 saturated carbocycles. The third-order valence-corrected chi connectivity index (χ3v) is 1.04. The van der Waals surface area contributed by atoms with Crippen LogP contribution in [0.4, 0.5) is 0 Å². The monoisotopic (exact) mass is 152 g/mol. The lowest BCUT2D eigenvalue weighted by atomic mass is 10.2.